The molecule has 3 rings (SSSR count). The van der Waals surface area contributed by atoms with Crippen molar-refractivity contribution >= 4 is 17.7 Å². The molecule has 1 heterocycles. The van der Waals surface area contributed by atoms with E-state index in [1.54, 1.807) is 12.1 Å². The molecule has 2 aromatic rings. The van der Waals surface area contributed by atoms with E-state index >= 15 is 0 Å². The largest absolute Gasteiger partial charge is 0.383 e. The Morgan fingerprint density at radius 2 is 1.58 bits per heavy atom. The number of benzene rings is 2. The molecule has 1 fully saturated rings. The van der Waals surface area contributed by atoms with Crippen LogP contribution in [0.1, 0.15) is 33.6 Å². The van der Waals surface area contributed by atoms with Crippen molar-refractivity contribution in [2.24, 2.45) is 5.92 Å². The van der Waals surface area contributed by atoms with Gasteiger partial charge in [-0.15, -0.1) is 0 Å². The molecule has 3 amide bonds. The van der Waals surface area contributed by atoms with Gasteiger partial charge in [-0.1, -0.05) is 24.3 Å². The van der Waals surface area contributed by atoms with Crippen LogP contribution in [-0.4, -0.2) is 62.0 Å². The third-order valence-electron chi connectivity index (χ3n) is 5.70. The zero-order valence-electron chi connectivity index (χ0n) is 18.4. The molecule has 7 nitrogen and oxygen atoms in total. The molecular weight excluding hydrogens is 432 g/mol. The van der Waals surface area contributed by atoms with Crippen molar-refractivity contribution in [2.75, 3.05) is 33.4 Å². The monoisotopic (exact) mass is 459 g/mol. The van der Waals surface area contributed by atoms with E-state index in [0.29, 0.717) is 32.5 Å². The second-order valence-corrected chi connectivity index (χ2v) is 7.82. The van der Waals surface area contributed by atoms with Crippen molar-refractivity contribution in [3.8, 4) is 0 Å². The van der Waals surface area contributed by atoms with Gasteiger partial charge in [-0.05, 0) is 43.0 Å². The zero-order chi connectivity index (χ0) is 23.8. The predicted molar refractivity (Wildman–Crippen MR) is 118 cm³/mol. The summed E-state index contributed by atoms with van der Waals surface area (Å²) >= 11 is 0. The van der Waals surface area contributed by atoms with Crippen LogP contribution in [0.15, 0.2) is 48.5 Å². The van der Waals surface area contributed by atoms with Crippen molar-refractivity contribution in [1.82, 2.24) is 15.5 Å². The molecule has 0 radical (unpaired) electrons. The number of rotatable bonds is 8. The lowest BCUT2D eigenvalue weighted by atomic mass is 9.88. The van der Waals surface area contributed by atoms with E-state index in [0.717, 1.165) is 0 Å². The summed E-state index contributed by atoms with van der Waals surface area (Å²) in [5, 5.41) is 5.38. The number of amides is 3. The number of carbonyl (C=O) groups excluding carboxylic acids is 3. The molecule has 0 saturated carbocycles. The van der Waals surface area contributed by atoms with Gasteiger partial charge in [0.15, 0.2) is 0 Å². The average molecular weight is 459 g/mol. The molecule has 0 aromatic heterocycles. The van der Waals surface area contributed by atoms with Gasteiger partial charge >= 0.3 is 0 Å². The van der Waals surface area contributed by atoms with E-state index in [2.05, 4.69) is 10.6 Å². The molecule has 176 valence electrons. The fraction of sp³-hybridized carbons (Fsp3) is 0.375. The van der Waals surface area contributed by atoms with Gasteiger partial charge in [0.1, 0.15) is 17.7 Å². The van der Waals surface area contributed by atoms with Gasteiger partial charge in [0, 0.05) is 26.7 Å². The molecule has 0 spiro atoms. The number of nitrogens with one attached hydrogen (secondary N) is 2. The van der Waals surface area contributed by atoms with Crippen molar-refractivity contribution in [1.29, 1.82) is 0 Å². The second kappa shape index (κ2) is 11.5. The maximum atomic E-state index is 14.1. The minimum atomic E-state index is -0.917. The van der Waals surface area contributed by atoms with Gasteiger partial charge in [-0.25, -0.2) is 8.78 Å². The van der Waals surface area contributed by atoms with Crippen LogP contribution >= 0.6 is 0 Å². The third kappa shape index (κ3) is 6.13. The van der Waals surface area contributed by atoms with Crippen LogP contribution in [0.25, 0.3) is 0 Å². The molecule has 1 aliphatic heterocycles. The van der Waals surface area contributed by atoms with Gasteiger partial charge in [0.05, 0.1) is 17.7 Å². The fourth-order valence-electron chi connectivity index (χ4n) is 3.89. The van der Waals surface area contributed by atoms with Crippen molar-refractivity contribution < 1.29 is 27.9 Å². The number of nitrogens with zero attached hydrogens (tertiary/aromatic N) is 1. The maximum Gasteiger partial charge on any atom is 0.256 e. The number of halogens is 2. The average Bonchev–Trinajstić information content (AvgIpc) is 2.83. The summed E-state index contributed by atoms with van der Waals surface area (Å²) in [7, 11) is 1.51. The van der Waals surface area contributed by atoms with Crippen LogP contribution in [0.3, 0.4) is 0 Å². The van der Waals surface area contributed by atoms with E-state index in [-0.39, 0.29) is 23.6 Å². The molecule has 0 aliphatic carbocycles. The predicted octanol–water partition coefficient (Wildman–Crippen LogP) is 2.38. The number of piperidine rings is 1. The summed E-state index contributed by atoms with van der Waals surface area (Å²) in [5.41, 5.74) is -0.156. The van der Waals surface area contributed by atoms with Crippen LogP contribution in [0, 0.1) is 17.6 Å². The Morgan fingerprint density at radius 1 is 1.00 bits per heavy atom. The lowest BCUT2D eigenvalue weighted by molar-refractivity contribution is -0.124. The summed E-state index contributed by atoms with van der Waals surface area (Å²) in [6.07, 6.45) is 0.834. The van der Waals surface area contributed by atoms with Crippen LogP contribution in [-0.2, 0) is 9.53 Å². The summed E-state index contributed by atoms with van der Waals surface area (Å²) < 4.78 is 33.0. The van der Waals surface area contributed by atoms with Gasteiger partial charge in [0.25, 0.3) is 11.8 Å². The van der Waals surface area contributed by atoms with E-state index in [4.69, 9.17) is 4.74 Å². The van der Waals surface area contributed by atoms with E-state index in [1.807, 2.05) is 0 Å². The number of hydrogen-bond donors (Lipinski definition) is 2. The molecule has 0 unspecified atom stereocenters. The molecule has 1 saturated heterocycles. The molecule has 1 atom stereocenters. The Morgan fingerprint density at radius 3 is 2.15 bits per heavy atom. The van der Waals surface area contributed by atoms with Crippen molar-refractivity contribution in [3.05, 3.63) is 71.3 Å². The van der Waals surface area contributed by atoms with E-state index < -0.39 is 35.4 Å². The molecular formula is C24H27F2N3O4. The van der Waals surface area contributed by atoms with Crippen LogP contribution in [0.5, 0.6) is 0 Å². The number of methoxy groups -OCH3 is 1. The first-order valence-electron chi connectivity index (χ1n) is 10.8. The van der Waals surface area contributed by atoms with E-state index in [1.165, 1.54) is 48.4 Å². The summed E-state index contributed by atoms with van der Waals surface area (Å²) in [6.45, 7) is 1.16. The topological polar surface area (TPSA) is 87.7 Å². The quantitative estimate of drug-likeness (QED) is 0.594. The first-order valence-corrected chi connectivity index (χ1v) is 10.8. The minimum Gasteiger partial charge on any atom is -0.383 e. The zero-order valence-corrected chi connectivity index (χ0v) is 18.4. The minimum absolute atomic E-state index is 0.00216. The van der Waals surface area contributed by atoms with Crippen LogP contribution in [0.4, 0.5) is 8.78 Å². The maximum absolute atomic E-state index is 14.1. The normalized spacial score (nSPS) is 15.1. The highest BCUT2D eigenvalue weighted by atomic mass is 19.1. The molecule has 2 aromatic carbocycles. The molecule has 33 heavy (non-hydrogen) atoms. The summed E-state index contributed by atoms with van der Waals surface area (Å²) in [5.74, 6) is -3.06. The number of likely N-dealkylation sites (tertiary alicyclic amines) is 1. The van der Waals surface area contributed by atoms with Gasteiger partial charge < -0.3 is 20.3 Å². The Bertz CT molecular complexity index is 993. The highest BCUT2D eigenvalue weighted by molar-refractivity contribution is 5.98. The standard InChI is InChI=1S/C24H27F2N3O4/c1-33-15-12-27-23(31)21(28-22(30)17-6-2-4-8-19(17)25)16-10-13-29(14-11-16)24(32)18-7-3-5-9-20(18)26/h2-9,16,21H,10-15H2,1H3,(H,27,31)(H,28,30)/t21-/m1/s1. The Labute approximate surface area is 191 Å². The highest BCUT2D eigenvalue weighted by Crippen LogP contribution is 2.24. The van der Waals surface area contributed by atoms with Crippen molar-refractivity contribution in [3.63, 3.8) is 0 Å². The van der Waals surface area contributed by atoms with Crippen molar-refractivity contribution in [2.45, 2.75) is 18.9 Å². The first kappa shape index (κ1) is 24.3. The number of carbonyl (C=O) groups is 3. The highest BCUT2D eigenvalue weighted by Gasteiger charge is 2.34. The first-order chi connectivity index (χ1) is 15.9. The molecule has 9 heteroatoms. The lowest BCUT2D eigenvalue weighted by Crippen LogP contribution is -2.54. The van der Waals surface area contributed by atoms with Gasteiger partial charge in [0.2, 0.25) is 5.91 Å². The van der Waals surface area contributed by atoms with Gasteiger partial charge in [-0.3, -0.25) is 14.4 Å². The number of hydrogen-bond acceptors (Lipinski definition) is 4. The third-order valence-corrected chi connectivity index (χ3v) is 5.70. The van der Waals surface area contributed by atoms with Crippen LogP contribution < -0.4 is 10.6 Å². The fourth-order valence-corrected chi connectivity index (χ4v) is 3.89. The van der Waals surface area contributed by atoms with E-state index in [9.17, 15) is 23.2 Å². The smallest absolute Gasteiger partial charge is 0.256 e. The number of ether oxygens (including phenoxy) is 1. The summed E-state index contributed by atoms with van der Waals surface area (Å²) in [4.78, 5) is 39.8. The molecule has 1 aliphatic rings. The Kier molecular flexibility index (Phi) is 8.48. The Hall–Kier alpha value is -3.33. The molecule has 2 N–H and O–H groups in total. The lowest BCUT2D eigenvalue weighted by Gasteiger charge is -2.36. The summed E-state index contributed by atoms with van der Waals surface area (Å²) in [6, 6.07) is 10.4. The van der Waals surface area contributed by atoms with Crippen LogP contribution in [0.2, 0.25) is 0 Å². The molecule has 0 bridgehead atoms. The Balaban J connectivity index is 1.70. The SMILES string of the molecule is COCCNC(=O)[C@H](NC(=O)c1ccccc1F)C1CCN(C(=O)c2ccccc2F)CC1. The van der Waals surface area contributed by atoms with Gasteiger partial charge in [-0.2, -0.15) is 0 Å². The second-order valence-electron chi connectivity index (χ2n) is 7.82.